The molecule has 114 valence electrons. The summed E-state index contributed by atoms with van der Waals surface area (Å²) in [4.78, 5) is 6.47. The molecular formula is C15H28N4O. The maximum atomic E-state index is 5.77. The first-order chi connectivity index (χ1) is 9.37. The van der Waals surface area contributed by atoms with Crippen molar-refractivity contribution < 1.29 is 4.74 Å². The molecule has 0 aromatic carbocycles. The molecule has 1 aromatic rings. The lowest BCUT2D eigenvalue weighted by Gasteiger charge is -2.52. The predicted molar refractivity (Wildman–Crippen MR) is 82.0 cm³/mol. The summed E-state index contributed by atoms with van der Waals surface area (Å²) >= 11 is 0. The summed E-state index contributed by atoms with van der Waals surface area (Å²) in [6, 6.07) is 0.511. The number of hydrogen-bond donors (Lipinski definition) is 1. The predicted octanol–water partition coefficient (Wildman–Crippen LogP) is 1.78. The minimum atomic E-state index is 0.207. The van der Waals surface area contributed by atoms with Crippen LogP contribution in [0.1, 0.15) is 32.9 Å². The zero-order valence-electron chi connectivity index (χ0n) is 13.6. The Morgan fingerprint density at radius 1 is 1.50 bits per heavy atom. The largest absolute Gasteiger partial charge is 0.378 e. The van der Waals surface area contributed by atoms with Crippen molar-refractivity contribution in [2.24, 2.45) is 12.5 Å². The molecule has 20 heavy (non-hydrogen) atoms. The van der Waals surface area contributed by atoms with Gasteiger partial charge in [0.2, 0.25) is 5.95 Å². The van der Waals surface area contributed by atoms with Gasteiger partial charge in [0.15, 0.2) is 0 Å². The molecule has 1 fully saturated rings. The fourth-order valence-electron chi connectivity index (χ4n) is 2.96. The summed E-state index contributed by atoms with van der Waals surface area (Å²) in [6.45, 7) is 8.28. The summed E-state index contributed by atoms with van der Waals surface area (Å²) in [5, 5.41) is 3.65. The molecule has 0 amide bonds. The lowest BCUT2D eigenvalue weighted by atomic mass is 9.64. The normalized spacial score (nSPS) is 24.5. The van der Waals surface area contributed by atoms with Gasteiger partial charge in [-0.15, -0.1) is 0 Å². The van der Waals surface area contributed by atoms with E-state index < -0.39 is 0 Å². The number of ether oxygens (including phenoxy) is 1. The molecule has 5 nitrogen and oxygen atoms in total. The van der Waals surface area contributed by atoms with Crippen LogP contribution >= 0.6 is 0 Å². The van der Waals surface area contributed by atoms with Crippen LogP contribution in [0.3, 0.4) is 0 Å². The maximum absolute atomic E-state index is 5.77. The number of nitrogens with one attached hydrogen (secondary N) is 1. The average molecular weight is 280 g/mol. The van der Waals surface area contributed by atoms with E-state index in [0.717, 1.165) is 25.5 Å². The summed E-state index contributed by atoms with van der Waals surface area (Å²) in [5.74, 6) is 0.988. The molecule has 1 heterocycles. The molecule has 1 N–H and O–H groups in total. The van der Waals surface area contributed by atoms with Crippen LogP contribution in [-0.2, 0) is 18.3 Å². The van der Waals surface area contributed by atoms with E-state index in [2.05, 4.69) is 42.7 Å². The Morgan fingerprint density at radius 2 is 2.20 bits per heavy atom. The van der Waals surface area contributed by atoms with E-state index in [1.165, 1.54) is 5.69 Å². The highest BCUT2D eigenvalue weighted by Crippen LogP contribution is 2.42. The third-order valence-electron chi connectivity index (χ3n) is 4.54. The highest BCUT2D eigenvalue weighted by atomic mass is 16.5. The van der Waals surface area contributed by atoms with Crippen LogP contribution in [0.5, 0.6) is 0 Å². The van der Waals surface area contributed by atoms with Gasteiger partial charge in [0.1, 0.15) is 0 Å². The fourth-order valence-corrected chi connectivity index (χ4v) is 2.96. The Kier molecular flexibility index (Phi) is 4.39. The highest BCUT2D eigenvalue weighted by Gasteiger charge is 2.48. The fraction of sp³-hybridized carbons (Fsp3) is 0.800. The molecule has 1 saturated carbocycles. The van der Waals surface area contributed by atoms with Crippen LogP contribution in [0.2, 0.25) is 0 Å². The first kappa shape index (κ1) is 15.3. The molecule has 1 aliphatic rings. The SMILES string of the molecule is CCOC1CC(NCc2cnc(N(C)C)n2C)C1(C)C. The van der Waals surface area contributed by atoms with Gasteiger partial charge in [-0.3, -0.25) is 0 Å². The lowest BCUT2D eigenvalue weighted by Crippen LogP contribution is -2.60. The molecule has 0 spiro atoms. The third kappa shape index (κ3) is 2.69. The maximum Gasteiger partial charge on any atom is 0.204 e. The molecule has 0 saturated heterocycles. The van der Waals surface area contributed by atoms with Crippen molar-refractivity contribution in [1.29, 1.82) is 0 Å². The topological polar surface area (TPSA) is 42.3 Å². The van der Waals surface area contributed by atoms with Gasteiger partial charge in [-0.2, -0.15) is 0 Å². The van der Waals surface area contributed by atoms with Gasteiger partial charge in [-0.05, 0) is 13.3 Å². The Hall–Kier alpha value is -1.07. The molecule has 2 atom stereocenters. The van der Waals surface area contributed by atoms with Crippen molar-refractivity contribution >= 4 is 5.95 Å². The summed E-state index contributed by atoms with van der Waals surface area (Å²) in [7, 11) is 6.09. The van der Waals surface area contributed by atoms with Crippen LogP contribution in [0.4, 0.5) is 5.95 Å². The number of rotatable bonds is 6. The molecule has 2 unspecified atom stereocenters. The van der Waals surface area contributed by atoms with E-state index in [9.17, 15) is 0 Å². The Morgan fingerprint density at radius 3 is 2.70 bits per heavy atom. The molecule has 0 bridgehead atoms. The highest BCUT2D eigenvalue weighted by molar-refractivity contribution is 5.31. The first-order valence-electron chi connectivity index (χ1n) is 7.40. The van der Waals surface area contributed by atoms with Crippen molar-refractivity contribution in [2.75, 3.05) is 25.6 Å². The zero-order chi connectivity index (χ0) is 14.9. The second-order valence-corrected chi connectivity index (χ2v) is 6.44. The van der Waals surface area contributed by atoms with E-state index in [1.807, 2.05) is 25.2 Å². The first-order valence-corrected chi connectivity index (χ1v) is 7.40. The van der Waals surface area contributed by atoms with Gasteiger partial charge in [0, 0.05) is 45.8 Å². The average Bonchev–Trinajstić information content (AvgIpc) is 2.74. The zero-order valence-corrected chi connectivity index (χ0v) is 13.6. The second kappa shape index (κ2) is 5.74. The van der Waals surface area contributed by atoms with Crippen molar-refractivity contribution in [3.05, 3.63) is 11.9 Å². The Labute approximate surface area is 122 Å². The molecule has 0 radical (unpaired) electrons. The van der Waals surface area contributed by atoms with E-state index in [4.69, 9.17) is 4.74 Å². The summed E-state index contributed by atoms with van der Waals surface area (Å²) in [6.07, 6.45) is 3.43. The van der Waals surface area contributed by atoms with Crippen molar-refractivity contribution in [1.82, 2.24) is 14.9 Å². The molecule has 0 aliphatic heterocycles. The van der Waals surface area contributed by atoms with Crippen LogP contribution in [0.25, 0.3) is 0 Å². The smallest absolute Gasteiger partial charge is 0.204 e. The van der Waals surface area contributed by atoms with E-state index >= 15 is 0 Å². The number of aromatic nitrogens is 2. The van der Waals surface area contributed by atoms with Crippen LogP contribution in [0.15, 0.2) is 6.20 Å². The number of anilines is 1. The van der Waals surface area contributed by atoms with Gasteiger partial charge >= 0.3 is 0 Å². The van der Waals surface area contributed by atoms with E-state index in [0.29, 0.717) is 12.1 Å². The standard InChI is InChI=1S/C15H28N4O/c1-7-20-13-8-12(15(13,2)3)16-9-11-10-17-14(18(4)5)19(11)6/h10,12-13,16H,7-9H2,1-6H3. The van der Waals surface area contributed by atoms with Gasteiger partial charge < -0.3 is 19.5 Å². The number of imidazole rings is 1. The lowest BCUT2D eigenvalue weighted by molar-refractivity contribution is -0.114. The van der Waals surface area contributed by atoms with Gasteiger partial charge in [-0.1, -0.05) is 13.8 Å². The van der Waals surface area contributed by atoms with Crippen LogP contribution in [-0.4, -0.2) is 42.4 Å². The van der Waals surface area contributed by atoms with E-state index in [1.54, 1.807) is 0 Å². The molecular weight excluding hydrogens is 252 g/mol. The van der Waals surface area contributed by atoms with Gasteiger partial charge in [0.25, 0.3) is 0 Å². The number of hydrogen-bond acceptors (Lipinski definition) is 4. The number of nitrogens with zero attached hydrogens (tertiary/aromatic N) is 3. The molecule has 1 aliphatic carbocycles. The monoisotopic (exact) mass is 280 g/mol. The molecule has 5 heteroatoms. The van der Waals surface area contributed by atoms with Crippen molar-refractivity contribution in [2.45, 2.75) is 45.9 Å². The minimum Gasteiger partial charge on any atom is -0.378 e. The Balaban J connectivity index is 1.91. The van der Waals surface area contributed by atoms with Crippen molar-refractivity contribution in [3.63, 3.8) is 0 Å². The van der Waals surface area contributed by atoms with Crippen molar-refractivity contribution in [3.8, 4) is 0 Å². The van der Waals surface area contributed by atoms with Gasteiger partial charge in [-0.25, -0.2) is 4.98 Å². The molecule has 2 rings (SSSR count). The quantitative estimate of drug-likeness (QED) is 0.862. The van der Waals surface area contributed by atoms with Gasteiger partial charge in [0.05, 0.1) is 18.0 Å². The third-order valence-corrected chi connectivity index (χ3v) is 4.54. The summed E-state index contributed by atoms with van der Waals surface area (Å²) in [5.41, 5.74) is 1.42. The minimum absolute atomic E-state index is 0.207. The van der Waals surface area contributed by atoms with E-state index in [-0.39, 0.29) is 5.41 Å². The summed E-state index contributed by atoms with van der Waals surface area (Å²) < 4.78 is 7.91. The van der Waals surface area contributed by atoms with Crippen LogP contribution in [0, 0.1) is 5.41 Å². The second-order valence-electron chi connectivity index (χ2n) is 6.44. The van der Waals surface area contributed by atoms with Crippen LogP contribution < -0.4 is 10.2 Å². The Bertz CT molecular complexity index is 453. The molecule has 1 aromatic heterocycles.